The molecule has 9 heteroatoms. The van der Waals surface area contributed by atoms with Crippen molar-refractivity contribution in [1.29, 1.82) is 0 Å². The predicted octanol–water partition coefficient (Wildman–Crippen LogP) is 2.42. The third-order valence-electron chi connectivity index (χ3n) is 3.44. The molecular formula is C17H16N6O2S. The first-order chi connectivity index (χ1) is 12.6. The summed E-state index contributed by atoms with van der Waals surface area (Å²) in [5, 5.41) is 8.29. The largest absolute Gasteiger partial charge is 0.355 e. The van der Waals surface area contributed by atoms with Crippen LogP contribution in [-0.2, 0) is 0 Å². The van der Waals surface area contributed by atoms with Crippen molar-refractivity contribution in [2.24, 2.45) is 0 Å². The summed E-state index contributed by atoms with van der Waals surface area (Å²) in [5.74, 6) is -0.209. The number of fused-ring (bicyclic) bond motifs is 1. The first-order valence-electron chi connectivity index (χ1n) is 7.70. The normalized spacial score (nSPS) is 10.3. The lowest BCUT2D eigenvalue weighted by atomic mass is 10.1. The molecule has 3 aromatic heterocycles. The fraction of sp³-hybridized carbons (Fsp3) is 0.118. The number of rotatable bonds is 5. The summed E-state index contributed by atoms with van der Waals surface area (Å²) in [6.45, 7) is 3.91. The Morgan fingerprint density at radius 3 is 2.81 bits per heavy atom. The van der Waals surface area contributed by atoms with Crippen molar-refractivity contribution in [3.8, 4) is 11.1 Å². The van der Waals surface area contributed by atoms with Crippen molar-refractivity contribution >= 4 is 38.8 Å². The van der Waals surface area contributed by atoms with Gasteiger partial charge in [0.05, 0.1) is 5.56 Å². The number of carbonyl (C=O) groups is 2. The number of thiazole rings is 1. The number of urea groups is 1. The molecule has 0 bridgehead atoms. The molecule has 132 valence electrons. The van der Waals surface area contributed by atoms with E-state index in [-0.39, 0.29) is 11.9 Å². The lowest BCUT2D eigenvalue weighted by molar-refractivity contribution is 0.0962. The smallest absolute Gasteiger partial charge is 0.321 e. The van der Waals surface area contributed by atoms with Gasteiger partial charge in [-0.05, 0) is 12.1 Å². The lowest BCUT2D eigenvalue weighted by Gasteiger charge is -2.03. The number of nitrogens with one attached hydrogen (secondary N) is 3. The Kier molecular flexibility index (Phi) is 5.18. The van der Waals surface area contributed by atoms with Gasteiger partial charge in [-0.25, -0.2) is 14.8 Å². The number of aromatic nitrogens is 3. The fourth-order valence-corrected chi connectivity index (χ4v) is 2.99. The summed E-state index contributed by atoms with van der Waals surface area (Å²) in [4.78, 5) is 37.0. The molecular weight excluding hydrogens is 352 g/mol. The maximum absolute atomic E-state index is 11.8. The van der Waals surface area contributed by atoms with Gasteiger partial charge in [0, 0.05) is 43.3 Å². The minimum Gasteiger partial charge on any atom is -0.355 e. The second-order valence-electron chi connectivity index (χ2n) is 5.23. The lowest BCUT2D eigenvalue weighted by Crippen LogP contribution is -2.28. The Morgan fingerprint density at radius 1 is 1.23 bits per heavy atom. The minimum atomic E-state index is -0.355. The monoisotopic (exact) mass is 368 g/mol. The quantitative estimate of drug-likeness (QED) is 0.599. The molecule has 0 aliphatic rings. The standard InChI is InChI=1S/C17H16N6O2S/c1-3-4-20-16(25)23-17-22-13-6-11(9-21-15(13)26-17)10-5-12(8-19-7-10)14(24)18-2/h3,5-9H,1,4H2,2H3,(H,18,24)(H2,20,22,23,25). The van der Waals surface area contributed by atoms with Gasteiger partial charge in [0.2, 0.25) is 0 Å². The van der Waals surface area contributed by atoms with Crippen molar-refractivity contribution in [3.05, 3.63) is 48.9 Å². The van der Waals surface area contributed by atoms with Crippen LogP contribution in [-0.4, -0.2) is 40.5 Å². The van der Waals surface area contributed by atoms with E-state index in [1.165, 1.54) is 17.5 Å². The molecule has 0 aromatic carbocycles. The van der Waals surface area contributed by atoms with Gasteiger partial charge in [0.15, 0.2) is 5.13 Å². The van der Waals surface area contributed by atoms with Crippen LogP contribution in [0.15, 0.2) is 43.4 Å². The Hall–Kier alpha value is -3.33. The summed E-state index contributed by atoms with van der Waals surface area (Å²) in [6, 6.07) is 3.23. The molecule has 0 radical (unpaired) electrons. The number of carbonyl (C=O) groups excluding carboxylic acids is 2. The molecule has 0 spiro atoms. The van der Waals surface area contributed by atoms with Gasteiger partial charge in [-0.2, -0.15) is 0 Å². The summed E-state index contributed by atoms with van der Waals surface area (Å²) >= 11 is 1.27. The minimum absolute atomic E-state index is 0.209. The van der Waals surface area contributed by atoms with Crippen molar-refractivity contribution in [2.45, 2.75) is 0 Å². The highest BCUT2D eigenvalue weighted by Gasteiger charge is 2.11. The van der Waals surface area contributed by atoms with Crippen LogP contribution in [0, 0.1) is 0 Å². The molecule has 8 nitrogen and oxygen atoms in total. The maximum atomic E-state index is 11.8. The van der Waals surface area contributed by atoms with Crippen LogP contribution in [0.4, 0.5) is 9.93 Å². The highest BCUT2D eigenvalue weighted by atomic mass is 32.1. The summed E-state index contributed by atoms with van der Waals surface area (Å²) in [6.07, 6.45) is 6.43. The second-order valence-corrected chi connectivity index (χ2v) is 6.21. The van der Waals surface area contributed by atoms with Gasteiger partial charge >= 0.3 is 6.03 Å². The molecule has 3 heterocycles. The number of hydrogen-bond acceptors (Lipinski definition) is 6. The Bertz CT molecular complexity index is 984. The van der Waals surface area contributed by atoms with Crippen molar-refractivity contribution in [1.82, 2.24) is 25.6 Å². The molecule has 26 heavy (non-hydrogen) atoms. The van der Waals surface area contributed by atoms with E-state index < -0.39 is 0 Å². The zero-order chi connectivity index (χ0) is 18.5. The van der Waals surface area contributed by atoms with Gasteiger partial charge in [-0.3, -0.25) is 15.1 Å². The number of hydrogen-bond donors (Lipinski definition) is 3. The molecule has 0 aliphatic heterocycles. The maximum Gasteiger partial charge on any atom is 0.321 e. The van der Waals surface area contributed by atoms with E-state index in [4.69, 9.17) is 0 Å². The molecule has 3 rings (SSSR count). The SMILES string of the molecule is C=CCNC(=O)Nc1nc2cc(-c3cncc(C(=O)NC)c3)cnc2s1. The van der Waals surface area contributed by atoms with Crippen molar-refractivity contribution in [2.75, 3.05) is 18.9 Å². The van der Waals surface area contributed by atoms with Crippen LogP contribution < -0.4 is 16.0 Å². The van der Waals surface area contributed by atoms with Crippen molar-refractivity contribution < 1.29 is 9.59 Å². The summed E-state index contributed by atoms with van der Waals surface area (Å²) in [7, 11) is 1.57. The molecule has 0 unspecified atom stereocenters. The molecule has 3 N–H and O–H groups in total. The van der Waals surface area contributed by atoms with Crippen LogP contribution in [0.2, 0.25) is 0 Å². The van der Waals surface area contributed by atoms with E-state index in [1.807, 2.05) is 6.07 Å². The molecule has 0 saturated heterocycles. The van der Waals surface area contributed by atoms with Crippen LogP contribution in [0.5, 0.6) is 0 Å². The molecule has 0 fully saturated rings. The van der Waals surface area contributed by atoms with Crippen molar-refractivity contribution in [3.63, 3.8) is 0 Å². The van der Waals surface area contributed by atoms with Crippen LogP contribution in [0.3, 0.4) is 0 Å². The number of nitrogens with zero attached hydrogens (tertiary/aromatic N) is 3. The van der Waals surface area contributed by atoms with Gasteiger partial charge < -0.3 is 10.6 Å². The zero-order valence-corrected chi connectivity index (χ0v) is 14.8. The number of amides is 3. The Labute approximate surface area is 153 Å². The first-order valence-corrected chi connectivity index (χ1v) is 8.52. The second kappa shape index (κ2) is 7.70. The van der Waals surface area contributed by atoms with Gasteiger partial charge in [-0.1, -0.05) is 17.4 Å². The zero-order valence-electron chi connectivity index (χ0n) is 13.9. The Balaban J connectivity index is 1.86. The van der Waals surface area contributed by atoms with Crippen LogP contribution in [0.25, 0.3) is 21.5 Å². The molecule has 3 aromatic rings. The Morgan fingerprint density at radius 2 is 2.04 bits per heavy atom. The highest BCUT2D eigenvalue weighted by molar-refractivity contribution is 7.21. The van der Waals surface area contributed by atoms with E-state index in [1.54, 1.807) is 31.6 Å². The topological polar surface area (TPSA) is 109 Å². The van der Waals surface area contributed by atoms with E-state index in [2.05, 4.69) is 37.5 Å². The average Bonchev–Trinajstić information content (AvgIpc) is 3.07. The van der Waals surface area contributed by atoms with E-state index in [9.17, 15) is 9.59 Å². The number of anilines is 1. The third-order valence-corrected chi connectivity index (χ3v) is 4.33. The fourth-order valence-electron chi connectivity index (χ4n) is 2.21. The van der Waals surface area contributed by atoms with Gasteiger partial charge in [0.1, 0.15) is 10.3 Å². The summed E-state index contributed by atoms with van der Waals surface area (Å²) in [5.41, 5.74) is 2.65. The molecule has 0 atom stereocenters. The number of pyridine rings is 2. The van der Waals surface area contributed by atoms with Crippen LogP contribution in [0.1, 0.15) is 10.4 Å². The van der Waals surface area contributed by atoms with E-state index in [0.29, 0.717) is 27.6 Å². The van der Waals surface area contributed by atoms with E-state index >= 15 is 0 Å². The van der Waals surface area contributed by atoms with Crippen LogP contribution >= 0.6 is 11.3 Å². The molecule has 0 aliphatic carbocycles. The first kappa shape index (κ1) is 17.5. The highest BCUT2D eigenvalue weighted by Crippen LogP contribution is 2.28. The molecule has 0 saturated carbocycles. The van der Waals surface area contributed by atoms with Gasteiger partial charge in [0.25, 0.3) is 5.91 Å². The third kappa shape index (κ3) is 3.83. The van der Waals surface area contributed by atoms with E-state index in [0.717, 1.165) is 11.1 Å². The summed E-state index contributed by atoms with van der Waals surface area (Å²) < 4.78 is 0. The molecule has 3 amide bonds. The average molecular weight is 368 g/mol. The predicted molar refractivity (Wildman–Crippen MR) is 101 cm³/mol. The van der Waals surface area contributed by atoms with Gasteiger partial charge in [-0.15, -0.1) is 6.58 Å².